The zero-order chi connectivity index (χ0) is 19.3. The highest BCUT2D eigenvalue weighted by Gasteiger charge is 2.32. The van der Waals surface area contributed by atoms with Crippen LogP contribution in [0.15, 0.2) is 18.2 Å². The summed E-state index contributed by atoms with van der Waals surface area (Å²) in [5.74, 6) is 1.06. The fourth-order valence-corrected chi connectivity index (χ4v) is 3.88. The van der Waals surface area contributed by atoms with Crippen LogP contribution in [0.2, 0.25) is 0 Å². The monoisotopic (exact) mass is 360 g/mol. The minimum atomic E-state index is -0.192. The fraction of sp³-hybridized carbons (Fsp3) is 0.619. The zero-order valence-electron chi connectivity index (χ0n) is 16.8. The first-order valence-corrected chi connectivity index (χ1v) is 9.78. The molecule has 0 saturated heterocycles. The highest BCUT2D eigenvalue weighted by atomic mass is 16.2. The molecule has 0 heterocycles. The number of carbonyl (C=O) groups excluding carboxylic acids is 2. The van der Waals surface area contributed by atoms with E-state index in [1.807, 2.05) is 39.0 Å². The minimum Gasteiger partial charge on any atom is -0.342 e. The van der Waals surface area contributed by atoms with Crippen LogP contribution in [0.1, 0.15) is 51.2 Å². The van der Waals surface area contributed by atoms with Gasteiger partial charge in [-0.15, -0.1) is 0 Å². The van der Waals surface area contributed by atoms with Gasteiger partial charge in [-0.25, -0.2) is 0 Å². The maximum Gasteiger partial charge on any atom is 0.278 e. The number of carbonyl (C=O) groups is 2. The van der Waals surface area contributed by atoms with Crippen LogP contribution in [0.25, 0.3) is 0 Å². The van der Waals surface area contributed by atoms with Crippen molar-refractivity contribution in [2.45, 2.75) is 66.0 Å². The Labute approximate surface area is 157 Å². The smallest absolute Gasteiger partial charge is 0.278 e. The lowest BCUT2D eigenvalue weighted by Gasteiger charge is -2.33. The molecule has 4 atom stereocenters. The summed E-state index contributed by atoms with van der Waals surface area (Å²) < 4.78 is 0. The van der Waals surface area contributed by atoms with Crippen molar-refractivity contribution in [3.05, 3.63) is 29.3 Å². The normalized spacial score (nSPS) is 24.0. The molecule has 1 saturated carbocycles. The predicted octanol–water partition coefficient (Wildman–Crippen LogP) is 2.13. The number of benzene rings is 1. The van der Waals surface area contributed by atoms with Crippen molar-refractivity contribution in [3.8, 4) is 0 Å². The van der Waals surface area contributed by atoms with Gasteiger partial charge in [0.05, 0.1) is 12.6 Å². The summed E-state index contributed by atoms with van der Waals surface area (Å²) in [7, 11) is 0. The minimum absolute atomic E-state index is 0.00140. The Bertz CT molecular complexity index is 624. The van der Waals surface area contributed by atoms with Crippen molar-refractivity contribution in [3.63, 3.8) is 0 Å². The second-order valence-corrected chi connectivity index (χ2v) is 7.95. The van der Waals surface area contributed by atoms with Crippen LogP contribution in [0.3, 0.4) is 0 Å². The van der Waals surface area contributed by atoms with Gasteiger partial charge < -0.3 is 16.0 Å². The fourth-order valence-electron chi connectivity index (χ4n) is 3.88. The topological polar surface area (TPSA) is 74.8 Å². The SMILES string of the molecule is Cc1cccc(C)c1NC(=O)CNC(=O)[C@H](C)[NH2+][C@H]1CCC[C@H](C)[C@@H]1C. The van der Waals surface area contributed by atoms with Gasteiger partial charge in [-0.3, -0.25) is 9.59 Å². The number of anilines is 1. The van der Waals surface area contributed by atoms with E-state index < -0.39 is 0 Å². The highest BCUT2D eigenvalue weighted by molar-refractivity contribution is 5.96. The molecule has 1 aromatic carbocycles. The lowest BCUT2D eigenvalue weighted by Crippen LogP contribution is -2.98. The van der Waals surface area contributed by atoms with Crippen LogP contribution in [0, 0.1) is 25.7 Å². The van der Waals surface area contributed by atoms with Crippen LogP contribution in [-0.2, 0) is 9.59 Å². The van der Waals surface area contributed by atoms with Crippen molar-refractivity contribution in [2.24, 2.45) is 11.8 Å². The molecular formula is C21H34N3O2+. The third kappa shape index (κ3) is 5.31. The third-order valence-corrected chi connectivity index (χ3v) is 5.89. The van der Waals surface area contributed by atoms with E-state index in [9.17, 15) is 9.59 Å². The van der Waals surface area contributed by atoms with Crippen LogP contribution >= 0.6 is 0 Å². The summed E-state index contributed by atoms with van der Waals surface area (Å²) in [5.41, 5.74) is 2.87. The van der Waals surface area contributed by atoms with E-state index >= 15 is 0 Å². The predicted molar refractivity (Wildman–Crippen MR) is 105 cm³/mol. The Hall–Kier alpha value is -1.88. The number of rotatable bonds is 6. The number of quaternary nitrogens is 1. The van der Waals surface area contributed by atoms with Crippen LogP contribution in [0.5, 0.6) is 0 Å². The van der Waals surface area contributed by atoms with Gasteiger partial charge in [-0.1, -0.05) is 32.0 Å². The van der Waals surface area contributed by atoms with Crippen LogP contribution < -0.4 is 16.0 Å². The summed E-state index contributed by atoms with van der Waals surface area (Å²) in [6.07, 6.45) is 3.68. The van der Waals surface area contributed by atoms with E-state index in [4.69, 9.17) is 0 Å². The second-order valence-electron chi connectivity index (χ2n) is 7.95. The van der Waals surface area contributed by atoms with Gasteiger partial charge in [0.25, 0.3) is 5.91 Å². The number of amides is 2. The van der Waals surface area contributed by atoms with E-state index in [0.717, 1.165) is 23.2 Å². The first-order valence-electron chi connectivity index (χ1n) is 9.78. The lowest BCUT2D eigenvalue weighted by atomic mass is 9.78. The summed E-state index contributed by atoms with van der Waals surface area (Å²) in [6.45, 7) is 10.4. The molecule has 1 aromatic rings. The standard InChI is InChI=1S/C21H33N3O2/c1-13-8-7-11-18(16(13)4)23-17(5)21(26)22-12-19(25)24-20-14(2)9-6-10-15(20)3/h6,9-10,13,16-18,23H,7-8,11-12H2,1-5H3,(H,22,26)(H,24,25)/p+1/t13-,16-,17-,18-/m0/s1. The summed E-state index contributed by atoms with van der Waals surface area (Å²) in [4.78, 5) is 24.6. The lowest BCUT2D eigenvalue weighted by molar-refractivity contribution is -0.715. The van der Waals surface area contributed by atoms with Gasteiger partial charge in [-0.2, -0.15) is 0 Å². The molecule has 0 aromatic heterocycles. The largest absolute Gasteiger partial charge is 0.342 e. The Morgan fingerprint density at radius 2 is 1.85 bits per heavy atom. The van der Waals surface area contributed by atoms with Gasteiger partial charge in [0, 0.05) is 11.6 Å². The Morgan fingerprint density at radius 3 is 2.50 bits per heavy atom. The molecule has 0 radical (unpaired) electrons. The average molecular weight is 361 g/mol. The molecule has 144 valence electrons. The first kappa shape index (κ1) is 20.4. The van der Waals surface area contributed by atoms with Crippen molar-refractivity contribution < 1.29 is 14.9 Å². The molecule has 2 amide bonds. The summed E-state index contributed by atoms with van der Waals surface area (Å²) in [5, 5.41) is 7.86. The van der Waals surface area contributed by atoms with Crippen molar-refractivity contribution in [2.75, 3.05) is 11.9 Å². The molecule has 26 heavy (non-hydrogen) atoms. The Morgan fingerprint density at radius 1 is 1.19 bits per heavy atom. The first-order chi connectivity index (χ1) is 12.3. The highest BCUT2D eigenvalue weighted by Crippen LogP contribution is 2.27. The molecule has 1 aliphatic rings. The number of hydrogen-bond acceptors (Lipinski definition) is 2. The second kappa shape index (κ2) is 9.17. The number of nitrogens with one attached hydrogen (secondary N) is 2. The zero-order valence-corrected chi connectivity index (χ0v) is 16.8. The quantitative estimate of drug-likeness (QED) is 0.727. The molecule has 0 spiro atoms. The van der Waals surface area contributed by atoms with Gasteiger partial charge in [0.2, 0.25) is 5.91 Å². The molecule has 5 heteroatoms. The average Bonchev–Trinajstić information content (AvgIpc) is 2.60. The molecule has 0 bridgehead atoms. The Kier molecular flexibility index (Phi) is 7.21. The molecule has 2 rings (SSSR count). The summed E-state index contributed by atoms with van der Waals surface area (Å²) in [6, 6.07) is 6.20. The number of hydrogen-bond donors (Lipinski definition) is 3. The third-order valence-electron chi connectivity index (χ3n) is 5.89. The van der Waals surface area contributed by atoms with E-state index in [1.165, 1.54) is 12.8 Å². The van der Waals surface area contributed by atoms with Crippen LogP contribution in [-0.4, -0.2) is 30.4 Å². The molecule has 0 unspecified atom stereocenters. The molecule has 0 aliphatic heterocycles. The van der Waals surface area contributed by atoms with E-state index in [-0.39, 0.29) is 24.4 Å². The molecular weight excluding hydrogens is 326 g/mol. The maximum atomic E-state index is 12.4. The number of aryl methyl sites for hydroxylation is 2. The van der Waals surface area contributed by atoms with Gasteiger partial charge in [0.1, 0.15) is 0 Å². The van der Waals surface area contributed by atoms with Gasteiger partial charge in [-0.05, 0) is 57.1 Å². The van der Waals surface area contributed by atoms with Crippen LogP contribution in [0.4, 0.5) is 5.69 Å². The molecule has 4 N–H and O–H groups in total. The number of nitrogens with two attached hydrogens (primary N) is 1. The van der Waals surface area contributed by atoms with E-state index in [0.29, 0.717) is 17.9 Å². The van der Waals surface area contributed by atoms with E-state index in [1.54, 1.807) is 0 Å². The Balaban J connectivity index is 1.81. The van der Waals surface area contributed by atoms with Gasteiger partial charge in [0.15, 0.2) is 6.04 Å². The molecule has 1 fully saturated rings. The molecule has 5 nitrogen and oxygen atoms in total. The van der Waals surface area contributed by atoms with Crippen molar-refractivity contribution in [1.29, 1.82) is 0 Å². The van der Waals surface area contributed by atoms with Crippen molar-refractivity contribution >= 4 is 17.5 Å². The summed E-state index contributed by atoms with van der Waals surface area (Å²) >= 11 is 0. The maximum absolute atomic E-state index is 12.4. The number of para-hydroxylation sites is 1. The van der Waals surface area contributed by atoms with Gasteiger partial charge >= 0.3 is 0 Å². The molecule has 1 aliphatic carbocycles. The van der Waals surface area contributed by atoms with Crippen molar-refractivity contribution in [1.82, 2.24) is 5.32 Å². The van der Waals surface area contributed by atoms with E-state index in [2.05, 4.69) is 29.8 Å².